The number of nitrogens with two attached hydrogens (primary N) is 3. The molecule has 5 rings (SSSR count). The molecule has 21 nitrogen and oxygen atoms in total. The molecule has 60 heavy (non-hydrogen) atoms. The maximum absolute atomic E-state index is 14.7. The zero-order valence-corrected chi connectivity index (χ0v) is 33.9. The quantitative estimate of drug-likeness (QED) is 0.117. The molecule has 0 radical (unpaired) electrons. The third-order valence-electron chi connectivity index (χ3n) is 11.1. The summed E-state index contributed by atoms with van der Waals surface area (Å²) >= 11 is 0. The maximum Gasteiger partial charge on any atom is 0.246 e. The largest absolute Gasteiger partial charge is 0.370 e. The molecule has 324 valence electrons. The van der Waals surface area contributed by atoms with Gasteiger partial charge in [-0.15, -0.1) is 5.10 Å². The molecule has 2 aliphatic rings. The van der Waals surface area contributed by atoms with Crippen molar-refractivity contribution in [3.05, 3.63) is 47.9 Å². The average Bonchev–Trinajstić information content (AvgIpc) is 3.96. The lowest BCUT2D eigenvalue weighted by atomic mass is 9.96. The number of H-pyrrole nitrogens is 1. The second-order valence-corrected chi connectivity index (χ2v) is 15.6. The van der Waals surface area contributed by atoms with Crippen molar-refractivity contribution < 1.29 is 38.4 Å². The molecular weight excluding hydrogens is 779 g/mol. The number of benzene rings is 1. The van der Waals surface area contributed by atoms with Gasteiger partial charge < -0.3 is 53.7 Å². The minimum absolute atomic E-state index is 0.00781. The molecule has 4 heterocycles. The van der Waals surface area contributed by atoms with Gasteiger partial charge in [0.05, 0.1) is 30.6 Å². The van der Waals surface area contributed by atoms with Gasteiger partial charge in [-0.3, -0.25) is 38.4 Å². The van der Waals surface area contributed by atoms with Crippen LogP contribution >= 0.6 is 0 Å². The number of aromatic amines is 1. The number of rotatable bonds is 8. The van der Waals surface area contributed by atoms with Crippen LogP contribution in [0.2, 0.25) is 0 Å². The summed E-state index contributed by atoms with van der Waals surface area (Å²) in [7, 11) is 0. The second-order valence-electron chi connectivity index (χ2n) is 15.6. The highest BCUT2D eigenvalue weighted by atomic mass is 16.2. The summed E-state index contributed by atoms with van der Waals surface area (Å²) in [5.41, 5.74) is 19.3. The predicted molar refractivity (Wildman–Crippen MR) is 216 cm³/mol. The molecule has 0 unspecified atom stereocenters. The second kappa shape index (κ2) is 20.1. The molecule has 0 spiro atoms. The first-order valence-electron chi connectivity index (χ1n) is 20.1. The highest BCUT2D eigenvalue weighted by Crippen LogP contribution is 2.30. The van der Waals surface area contributed by atoms with E-state index in [9.17, 15) is 38.4 Å². The number of fused-ring (bicyclic) bond motifs is 2. The molecular formula is C39H55N13O8. The summed E-state index contributed by atoms with van der Waals surface area (Å²) in [5, 5.41) is 22.3. The first-order chi connectivity index (χ1) is 28.6. The van der Waals surface area contributed by atoms with Gasteiger partial charge in [0.25, 0.3) is 0 Å². The van der Waals surface area contributed by atoms with E-state index in [1.54, 1.807) is 37.8 Å². The van der Waals surface area contributed by atoms with Crippen LogP contribution in [0.15, 0.2) is 36.7 Å². The van der Waals surface area contributed by atoms with E-state index in [0.717, 1.165) is 10.9 Å². The van der Waals surface area contributed by atoms with Crippen molar-refractivity contribution in [3.8, 4) is 0 Å². The van der Waals surface area contributed by atoms with Crippen LogP contribution in [0.5, 0.6) is 0 Å². The number of nitrogens with zero attached hydrogens (tertiary/aromatic N) is 4. The number of para-hydroxylation sites is 1. The minimum Gasteiger partial charge on any atom is -0.370 e. The summed E-state index contributed by atoms with van der Waals surface area (Å²) in [6.45, 7) is 5.35. The topological polar surface area (TPSA) is 325 Å². The summed E-state index contributed by atoms with van der Waals surface area (Å²) in [6.07, 6.45) is 3.51. The number of nitrogens with one attached hydrogen (secondary N) is 6. The molecule has 2 saturated heterocycles. The van der Waals surface area contributed by atoms with Gasteiger partial charge in [0.1, 0.15) is 30.2 Å². The fourth-order valence-electron chi connectivity index (χ4n) is 7.47. The van der Waals surface area contributed by atoms with Crippen molar-refractivity contribution in [3.63, 3.8) is 0 Å². The lowest BCUT2D eigenvalue weighted by molar-refractivity contribution is -0.143. The van der Waals surface area contributed by atoms with Crippen molar-refractivity contribution in [2.45, 2.75) is 114 Å². The van der Waals surface area contributed by atoms with Gasteiger partial charge >= 0.3 is 0 Å². The predicted octanol–water partition coefficient (Wildman–Crippen LogP) is -2.18. The monoisotopic (exact) mass is 833 g/mol. The van der Waals surface area contributed by atoms with Crippen LogP contribution in [0.25, 0.3) is 10.9 Å². The third kappa shape index (κ3) is 11.2. The Labute approximate surface area is 346 Å². The number of carbonyl (C=O) groups is 8. The van der Waals surface area contributed by atoms with Crippen LogP contribution in [-0.4, -0.2) is 121 Å². The number of hydrogen-bond donors (Lipinski definition) is 9. The minimum atomic E-state index is -1.56. The zero-order chi connectivity index (χ0) is 43.7. The van der Waals surface area contributed by atoms with E-state index in [0.29, 0.717) is 30.5 Å². The lowest BCUT2D eigenvalue weighted by Crippen LogP contribution is -2.60. The normalized spacial score (nSPS) is 26.3. The summed E-state index contributed by atoms with van der Waals surface area (Å²) in [5.74, 6) is -6.72. The Morgan fingerprint density at radius 2 is 1.65 bits per heavy atom. The molecule has 0 bridgehead atoms. The van der Waals surface area contributed by atoms with Gasteiger partial charge in [0, 0.05) is 49.2 Å². The Kier molecular flexibility index (Phi) is 14.9. The average molecular weight is 834 g/mol. The number of primary amides is 2. The maximum atomic E-state index is 14.7. The third-order valence-corrected chi connectivity index (χ3v) is 11.1. The van der Waals surface area contributed by atoms with Crippen LogP contribution in [-0.2, 0) is 44.8 Å². The van der Waals surface area contributed by atoms with Crippen LogP contribution in [0.3, 0.4) is 0 Å². The van der Waals surface area contributed by atoms with E-state index in [1.807, 2.05) is 24.3 Å². The van der Waals surface area contributed by atoms with Gasteiger partial charge in [-0.1, -0.05) is 43.7 Å². The number of hydrogen-bond acceptors (Lipinski definition) is 11. The highest BCUT2D eigenvalue weighted by Gasteiger charge is 2.45. The Morgan fingerprint density at radius 3 is 2.33 bits per heavy atom. The van der Waals surface area contributed by atoms with E-state index >= 15 is 0 Å². The number of aryl methyl sites for hydroxylation is 1. The molecule has 8 atom stereocenters. The SMILES string of the molecule is CC[C@H](C)[C@@H]1NC(=O)[C@H](CC(N)=O)NC(=O)[C@@H](N)CC(=O)NCCCC[C@@H](C(N)=O)NC(=O)[C@H](Cc2c[nH]c3ccccc23)NC(=O)[C@@H]2C[C@H](n3cc(C)nn3)CN2C1=O. The molecule has 0 saturated carbocycles. The summed E-state index contributed by atoms with van der Waals surface area (Å²) < 4.78 is 1.55. The standard InChI is InChI=1S/C39H55N13O8/c1-4-20(2)33-39(60)51-19-23(52-18-21(3)49-50-52)14-30(51)38(59)47-28(13-22-17-44-26-10-6-5-9-24(22)26)36(57)45-27(34(42)55)11-7-8-12-43-32(54)15-25(40)35(56)46-29(16-31(41)53)37(58)48-33/h5-6,9-10,17-18,20,23,25,27-30,33,44H,4,7-8,11-16,19,40H2,1-3H3,(H2,41,53)(H2,42,55)(H,43,54)(H,45,57)(H,46,56)(H,47,59)(H,48,58)/t20-,23-,25-,27-,28-,29-,30-,33-/m0/s1. The van der Waals surface area contributed by atoms with Crippen molar-refractivity contribution >= 4 is 58.2 Å². The lowest BCUT2D eigenvalue weighted by Gasteiger charge is -2.33. The Hall–Kier alpha value is -6.38. The van der Waals surface area contributed by atoms with Crippen LogP contribution in [0.1, 0.15) is 76.1 Å². The van der Waals surface area contributed by atoms with Crippen molar-refractivity contribution in [1.29, 1.82) is 0 Å². The van der Waals surface area contributed by atoms with Gasteiger partial charge in [0.2, 0.25) is 47.3 Å². The zero-order valence-electron chi connectivity index (χ0n) is 33.9. The van der Waals surface area contributed by atoms with Gasteiger partial charge in [-0.25, -0.2) is 4.68 Å². The van der Waals surface area contributed by atoms with Gasteiger partial charge in [0.15, 0.2) is 0 Å². The molecule has 3 aromatic rings. The van der Waals surface area contributed by atoms with E-state index in [2.05, 4.69) is 41.9 Å². The van der Waals surface area contributed by atoms with E-state index < -0.39 is 108 Å². The van der Waals surface area contributed by atoms with E-state index in [1.165, 1.54) is 4.90 Å². The smallest absolute Gasteiger partial charge is 0.246 e. The first kappa shape index (κ1) is 44.7. The molecule has 2 fully saturated rings. The number of amides is 8. The molecule has 0 aliphatic carbocycles. The van der Waals surface area contributed by atoms with Crippen LogP contribution in [0.4, 0.5) is 0 Å². The van der Waals surface area contributed by atoms with Crippen molar-refractivity contribution in [1.82, 2.24) is 51.5 Å². The van der Waals surface area contributed by atoms with Crippen molar-refractivity contribution in [2.75, 3.05) is 13.1 Å². The van der Waals surface area contributed by atoms with Gasteiger partial charge in [-0.2, -0.15) is 0 Å². The summed E-state index contributed by atoms with van der Waals surface area (Å²) in [4.78, 5) is 112. The Bertz CT molecular complexity index is 2080. The molecule has 8 amide bonds. The Morgan fingerprint density at radius 1 is 0.933 bits per heavy atom. The number of carbonyl (C=O) groups excluding carboxylic acids is 8. The molecule has 21 heteroatoms. The fourth-order valence-corrected chi connectivity index (χ4v) is 7.47. The first-order valence-corrected chi connectivity index (χ1v) is 20.1. The highest BCUT2D eigenvalue weighted by molar-refractivity contribution is 5.99. The van der Waals surface area contributed by atoms with E-state index in [4.69, 9.17) is 17.2 Å². The van der Waals surface area contributed by atoms with E-state index in [-0.39, 0.29) is 32.4 Å². The van der Waals surface area contributed by atoms with Gasteiger partial charge in [-0.05, 0) is 43.7 Å². The molecule has 12 N–H and O–H groups in total. The Balaban J connectivity index is 1.54. The summed E-state index contributed by atoms with van der Waals surface area (Å²) in [6, 6.07) is -0.962. The molecule has 2 aliphatic heterocycles. The number of aromatic nitrogens is 4. The van der Waals surface area contributed by atoms with Crippen molar-refractivity contribution in [2.24, 2.45) is 23.1 Å². The molecule has 1 aromatic carbocycles. The van der Waals surface area contributed by atoms with Crippen LogP contribution in [0, 0.1) is 12.8 Å². The van der Waals surface area contributed by atoms with Crippen LogP contribution < -0.4 is 43.8 Å². The fraction of sp³-hybridized carbons (Fsp3) is 0.538. The molecule has 2 aromatic heterocycles.